The van der Waals surface area contributed by atoms with Crippen LogP contribution in [-0.4, -0.2) is 35.5 Å². The highest BCUT2D eigenvalue weighted by Gasteiger charge is 2.06. The van der Waals surface area contributed by atoms with Crippen LogP contribution in [0.5, 0.6) is 0 Å². The van der Waals surface area contributed by atoms with Gasteiger partial charge in [0.25, 0.3) is 0 Å². The largest absolute Gasteiger partial charge is 0.394 e. The van der Waals surface area contributed by atoms with E-state index in [0.29, 0.717) is 12.6 Å². The Morgan fingerprint density at radius 1 is 1.57 bits per heavy atom. The van der Waals surface area contributed by atoms with Crippen molar-refractivity contribution in [2.24, 2.45) is 0 Å². The maximum atomic E-state index is 9.12. The molecule has 4 heteroatoms. The average molecular weight is 215 g/mol. The third kappa shape index (κ3) is 4.19. The van der Waals surface area contributed by atoms with E-state index < -0.39 is 6.10 Å². The SMILES string of the molecule is CC(Cc1cccs1)NCC(O)CO. The summed E-state index contributed by atoms with van der Waals surface area (Å²) >= 11 is 1.74. The number of aliphatic hydroxyl groups excluding tert-OH is 2. The zero-order valence-electron chi connectivity index (χ0n) is 8.31. The highest BCUT2D eigenvalue weighted by atomic mass is 32.1. The number of hydrogen-bond donors (Lipinski definition) is 3. The molecule has 0 saturated carbocycles. The lowest BCUT2D eigenvalue weighted by molar-refractivity contribution is 0.0924. The third-order valence-corrected chi connectivity index (χ3v) is 2.90. The fourth-order valence-corrected chi connectivity index (χ4v) is 2.04. The third-order valence-electron chi connectivity index (χ3n) is 2.00. The van der Waals surface area contributed by atoms with Gasteiger partial charge in [-0.15, -0.1) is 11.3 Å². The molecule has 0 aliphatic carbocycles. The Morgan fingerprint density at radius 2 is 2.36 bits per heavy atom. The van der Waals surface area contributed by atoms with Gasteiger partial charge in [-0.3, -0.25) is 0 Å². The van der Waals surface area contributed by atoms with Crippen molar-refractivity contribution in [2.75, 3.05) is 13.2 Å². The van der Waals surface area contributed by atoms with E-state index in [1.807, 2.05) is 6.07 Å². The Kier molecular flexibility index (Phi) is 5.11. The second-order valence-corrected chi connectivity index (χ2v) is 4.46. The minimum Gasteiger partial charge on any atom is -0.394 e. The van der Waals surface area contributed by atoms with Crippen molar-refractivity contribution in [1.82, 2.24) is 5.32 Å². The zero-order chi connectivity index (χ0) is 10.4. The summed E-state index contributed by atoms with van der Waals surface area (Å²) < 4.78 is 0. The molecule has 1 aromatic rings. The van der Waals surface area contributed by atoms with E-state index in [1.165, 1.54) is 4.88 Å². The zero-order valence-corrected chi connectivity index (χ0v) is 9.13. The van der Waals surface area contributed by atoms with E-state index in [-0.39, 0.29) is 6.61 Å². The van der Waals surface area contributed by atoms with E-state index in [9.17, 15) is 0 Å². The minimum atomic E-state index is -0.652. The van der Waals surface area contributed by atoms with Crippen LogP contribution in [0, 0.1) is 0 Å². The van der Waals surface area contributed by atoms with Crippen LogP contribution in [0.2, 0.25) is 0 Å². The molecular weight excluding hydrogens is 198 g/mol. The van der Waals surface area contributed by atoms with E-state index in [0.717, 1.165) is 6.42 Å². The van der Waals surface area contributed by atoms with Gasteiger partial charge in [0.2, 0.25) is 0 Å². The molecule has 1 rings (SSSR count). The molecule has 0 radical (unpaired) electrons. The van der Waals surface area contributed by atoms with Crippen LogP contribution in [-0.2, 0) is 6.42 Å². The summed E-state index contributed by atoms with van der Waals surface area (Å²) in [6.45, 7) is 2.34. The number of nitrogens with one attached hydrogen (secondary N) is 1. The second-order valence-electron chi connectivity index (χ2n) is 3.43. The molecule has 0 fully saturated rings. The molecule has 0 bridgehead atoms. The van der Waals surface area contributed by atoms with Crippen LogP contribution >= 0.6 is 11.3 Å². The van der Waals surface area contributed by atoms with Crippen molar-refractivity contribution in [3.63, 3.8) is 0 Å². The molecule has 1 aromatic heterocycles. The first-order valence-electron chi connectivity index (χ1n) is 4.77. The Balaban J connectivity index is 2.19. The fourth-order valence-electron chi connectivity index (χ4n) is 1.20. The fraction of sp³-hybridized carbons (Fsp3) is 0.600. The number of rotatable bonds is 6. The summed E-state index contributed by atoms with van der Waals surface area (Å²) in [6.07, 6.45) is 0.316. The molecule has 3 nitrogen and oxygen atoms in total. The smallest absolute Gasteiger partial charge is 0.0895 e. The van der Waals surface area contributed by atoms with Crippen molar-refractivity contribution in [3.8, 4) is 0 Å². The van der Waals surface area contributed by atoms with Gasteiger partial charge >= 0.3 is 0 Å². The quantitative estimate of drug-likeness (QED) is 0.652. The van der Waals surface area contributed by atoms with Gasteiger partial charge in [-0.1, -0.05) is 6.07 Å². The van der Waals surface area contributed by atoms with Crippen molar-refractivity contribution >= 4 is 11.3 Å². The van der Waals surface area contributed by atoms with Gasteiger partial charge in [-0.25, -0.2) is 0 Å². The summed E-state index contributed by atoms with van der Waals surface area (Å²) in [7, 11) is 0. The Morgan fingerprint density at radius 3 is 2.93 bits per heavy atom. The van der Waals surface area contributed by atoms with E-state index in [1.54, 1.807) is 11.3 Å². The number of hydrogen-bond acceptors (Lipinski definition) is 4. The average Bonchev–Trinajstić information content (AvgIpc) is 2.66. The molecule has 0 spiro atoms. The normalized spacial score (nSPS) is 15.4. The van der Waals surface area contributed by atoms with E-state index in [2.05, 4.69) is 23.7 Å². The molecule has 0 aliphatic rings. The summed E-state index contributed by atoms with van der Waals surface area (Å²) in [5.74, 6) is 0. The van der Waals surface area contributed by atoms with Crippen LogP contribution < -0.4 is 5.32 Å². The molecule has 0 aromatic carbocycles. The lowest BCUT2D eigenvalue weighted by atomic mass is 10.2. The lowest BCUT2D eigenvalue weighted by Gasteiger charge is -2.14. The van der Waals surface area contributed by atoms with Crippen LogP contribution in [0.15, 0.2) is 17.5 Å². The molecule has 80 valence electrons. The standard InChI is InChI=1S/C10H17NO2S/c1-8(11-6-9(13)7-12)5-10-3-2-4-14-10/h2-4,8-9,11-13H,5-7H2,1H3. The summed E-state index contributed by atoms with van der Waals surface area (Å²) in [5, 5.41) is 23.0. The van der Waals surface area contributed by atoms with Crippen molar-refractivity contribution in [3.05, 3.63) is 22.4 Å². The van der Waals surface area contributed by atoms with Gasteiger partial charge in [0.05, 0.1) is 12.7 Å². The molecule has 0 amide bonds. The maximum Gasteiger partial charge on any atom is 0.0895 e. The summed E-state index contributed by atoms with van der Waals surface area (Å²) in [6, 6.07) is 4.47. The number of aliphatic hydroxyl groups is 2. The lowest BCUT2D eigenvalue weighted by Crippen LogP contribution is -2.36. The van der Waals surface area contributed by atoms with Crippen LogP contribution in [0.3, 0.4) is 0 Å². The van der Waals surface area contributed by atoms with Gasteiger partial charge in [0, 0.05) is 17.5 Å². The maximum absolute atomic E-state index is 9.12. The van der Waals surface area contributed by atoms with Crippen molar-refractivity contribution < 1.29 is 10.2 Å². The number of thiophene rings is 1. The van der Waals surface area contributed by atoms with Crippen LogP contribution in [0.25, 0.3) is 0 Å². The Bertz CT molecular complexity index is 238. The molecule has 2 unspecified atom stereocenters. The summed E-state index contributed by atoms with van der Waals surface area (Å²) in [5.41, 5.74) is 0. The molecular formula is C10H17NO2S. The van der Waals surface area contributed by atoms with Gasteiger partial charge in [-0.2, -0.15) is 0 Å². The van der Waals surface area contributed by atoms with E-state index in [4.69, 9.17) is 10.2 Å². The van der Waals surface area contributed by atoms with Crippen molar-refractivity contribution in [2.45, 2.75) is 25.5 Å². The first-order chi connectivity index (χ1) is 6.72. The first-order valence-corrected chi connectivity index (χ1v) is 5.65. The second kappa shape index (κ2) is 6.14. The molecule has 14 heavy (non-hydrogen) atoms. The molecule has 1 heterocycles. The van der Waals surface area contributed by atoms with E-state index >= 15 is 0 Å². The Labute approximate surface area is 88.4 Å². The predicted octanol–water partition coefficient (Wildman–Crippen LogP) is 0.622. The highest BCUT2D eigenvalue weighted by Crippen LogP contribution is 2.10. The van der Waals surface area contributed by atoms with Crippen LogP contribution in [0.4, 0.5) is 0 Å². The molecule has 2 atom stereocenters. The van der Waals surface area contributed by atoms with Gasteiger partial charge in [0.15, 0.2) is 0 Å². The molecule has 0 aliphatic heterocycles. The molecule has 0 saturated heterocycles. The Hall–Kier alpha value is -0.420. The van der Waals surface area contributed by atoms with Gasteiger partial charge < -0.3 is 15.5 Å². The topological polar surface area (TPSA) is 52.5 Å². The van der Waals surface area contributed by atoms with Gasteiger partial charge in [0.1, 0.15) is 0 Å². The molecule has 3 N–H and O–H groups in total. The van der Waals surface area contributed by atoms with Crippen LogP contribution in [0.1, 0.15) is 11.8 Å². The summed E-state index contributed by atoms with van der Waals surface area (Å²) in [4.78, 5) is 1.34. The highest BCUT2D eigenvalue weighted by molar-refractivity contribution is 7.09. The van der Waals surface area contributed by atoms with Crippen molar-refractivity contribution in [1.29, 1.82) is 0 Å². The monoisotopic (exact) mass is 215 g/mol. The minimum absolute atomic E-state index is 0.182. The van der Waals surface area contributed by atoms with Gasteiger partial charge in [-0.05, 0) is 24.8 Å². The first kappa shape index (κ1) is 11.7. The predicted molar refractivity (Wildman–Crippen MR) is 58.6 cm³/mol.